The smallest absolute Gasteiger partial charge is 0.194 e. The van der Waals surface area contributed by atoms with Crippen molar-refractivity contribution >= 4 is 29.9 Å². The van der Waals surface area contributed by atoms with Gasteiger partial charge in [0.25, 0.3) is 0 Å². The molecule has 0 saturated carbocycles. The Hall–Kier alpha value is -0.820. The third kappa shape index (κ3) is 3.99. The van der Waals surface area contributed by atoms with Crippen LogP contribution in [0.3, 0.4) is 0 Å². The summed E-state index contributed by atoms with van der Waals surface area (Å²) in [7, 11) is 0. The van der Waals surface area contributed by atoms with Gasteiger partial charge in [0.05, 0.1) is 13.2 Å². The lowest BCUT2D eigenvalue weighted by Gasteiger charge is -2.62. The van der Waals surface area contributed by atoms with Crippen LogP contribution < -0.4 is 5.32 Å². The first-order valence-electron chi connectivity index (χ1n) is 8.07. The number of likely N-dealkylation sites (tertiary alicyclic amines) is 1. The van der Waals surface area contributed by atoms with Crippen molar-refractivity contribution < 1.29 is 5.11 Å². The van der Waals surface area contributed by atoms with E-state index < -0.39 is 0 Å². The van der Waals surface area contributed by atoms with Crippen molar-refractivity contribution in [2.45, 2.75) is 53.3 Å². The van der Waals surface area contributed by atoms with E-state index in [1.165, 1.54) is 0 Å². The third-order valence-corrected chi connectivity index (χ3v) is 5.16. The molecule has 0 aliphatic carbocycles. The molecule has 5 heteroatoms. The molecular formula is C18H30IN3O. The molecule has 0 amide bonds. The molecule has 0 radical (unpaired) electrons. The van der Waals surface area contributed by atoms with Gasteiger partial charge in [-0.3, -0.25) is 0 Å². The van der Waals surface area contributed by atoms with Crippen LogP contribution in [-0.2, 0) is 13.2 Å². The van der Waals surface area contributed by atoms with E-state index in [0.29, 0.717) is 6.54 Å². The standard InChI is InChI=1S/C18H29N3O.HI/c1-6-19-16(21-13-17(2,3)18(21,4)5)20-11-14-9-7-8-10-15(14)12-22;/h7-10,22H,6,11-13H2,1-5H3,(H,19,20);1H. The number of aliphatic imine (C=N–C) groups is 1. The zero-order valence-corrected chi connectivity index (χ0v) is 17.2. The number of hydrogen-bond donors (Lipinski definition) is 2. The van der Waals surface area contributed by atoms with Crippen molar-refractivity contribution in [1.82, 2.24) is 10.2 Å². The van der Waals surface area contributed by atoms with E-state index in [9.17, 15) is 5.11 Å². The van der Waals surface area contributed by atoms with Gasteiger partial charge in [0.2, 0.25) is 0 Å². The molecule has 130 valence electrons. The summed E-state index contributed by atoms with van der Waals surface area (Å²) in [6.07, 6.45) is 0. The number of hydrogen-bond acceptors (Lipinski definition) is 2. The summed E-state index contributed by atoms with van der Waals surface area (Å²) in [6.45, 7) is 13.7. The molecule has 0 unspecified atom stereocenters. The van der Waals surface area contributed by atoms with Crippen molar-refractivity contribution in [3.8, 4) is 0 Å². The second-order valence-corrected chi connectivity index (χ2v) is 7.13. The van der Waals surface area contributed by atoms with Crippen LogP contribution in [0.4, 0.5) is 0 Å². The Morgan fingerprint density at radius 1 is 1.22 bits per heavy atom. The number of aliphatic hydroxyl groups is 1. The molecule has 0 spiro atoms. The van der Waals surface area contributed by atoms with Crippen LogP contribution in [0.5, 0.6) is 0 Å². The summed E-state index contributed by atoms with van der Waals surface area (Å²) in [5.41, 5.74) is 2.40. The molecule has 1 fully saturated rings. The number of halogens is 1. The highest BCUT2D eigenvalue weighted by Gasteiger charge is 2.53. The summed E-state index contributed by atoms with van der Waals surface area (Å²) in [5, 5.41) is 12.8. The maximum atomic E-state index is 9.43. The molecule has 1 aliphatic rings. The number of aliphatic hydroxyl groups excluding tert-OH is 1. The molecule has 1 aromatic rings. The van der Waals surface area contributed by atoms with Crippen LogP contribution in [-0.4, -0.2) is 34.6 Å². The molecule has 0 aromatic heterocycles. The molecule has 0 atom stereocenters. The van der Waals surface area contributed by atoms with Crippen molar-refractivity contribution in [3.63, 3.8) is 0 Å². The highest BCUT2D eigenvalue weighted by Crippen LogP contribution is 2.46. The van der Waals surface area contributed by atoms with Gasteiger partial charge in [0.1, 0.15) is 0 Å². The minimum atomic E-state index is 0. The van der Waals surface area contributed by atoms with Crippen LogP contribution in [0.15, 0.2) is 29.3 Å². The van der Waals surface area contributed by atoms with E-state index in [4.69, 9.17) is 4.99 Å². The van der Waals surface area contributed by atoms with Gasteiger partial charge in [-0.15, -0.1) is 24.0 Å². The predicted molar refractivity (Wildman–Crippen MR) is 107 cm³/mol. The van der Waals surface area contributed by atoms with Crippen molar-refractivity contribution in [3.05, 3.63) is 35.4 Å². The first-order chi connectivity index (χ1) is 10.3. The summed E-state index contributed by atoms with van der Waals surface area (Å²) >= 11 is 0. The highest BCUT2D eigenvalue weighted by atomic mass is 127. The molecule has 1 aromatic carbocycles. The van der Waals surface area contributed by atoms with Gasteiger partial charge in [-0.1, -0.05) is 38.1 Å². The summed E-state index contributed by atoms with van der Waals surface area (Å²) in [4.78, 5) is 7.14. The fourth-order valence-corrected chi connectivity index (χ4v) is 2.82. The number of guanidine groups is 1. The van der Waals surface area contributed by atoms with Crippen molar-refractivity contribution in [1.29, 1.82) is 0 Å². The molecule has 2 N–H and O–H groups in total. The molecular weight excluding hydrogens is 401 g/mol. The quantitative estimate of drug-likeness (QED) is 0.437. The molecule has 1 aliphatic heterocycles. The van der Waals surface area contributed by atoms with Gasteiger partial charge in [0, 0.05) is 24.0 Å². The van der Waals surface area contributed by atoms with Gasteiger partial charge in [-0.2, -0.15) is 0 Å². The van der Waals surface area contributed by atoms with Crippen LogP contribution in [0.25, 0.3) is 0 Å². The first-order valence-corrected chi connectivity index (χ1v) is 8.07. The Kier molecular flexibility index (Phi) is 6.89. The predicted octanol–water partition coefficient (Wildman–Crippen LogP) is 3.38. The Labute approximate surface area is 157 Å². The zero-order chi connectivity index (χ0) is 16.4. The normalized spacial score (nSPS) is 18.9. The topological polar surface area (TPSA) is 47.9 Å². The molecule has 2 rings (SSSR count). The average Bonchev–Trinajstić information content (AvgIpc) is 2.49. The number of rotatable bonds is 4. The first kappa shape index (κ1) is 20.2. The lowest BCUT2D eigenvalue weighted by molar-refractivity contribution is -0.0667. The Balaban J connectivity index is 0.00000264. The van der Waals surface area contributed by atoms with Crippen LogP contribution in [0, 0.1) is 5.41 Å². The minimum Gasteiger partial charge on any atom is -0.392 e. The SMILES string of the molecule is CCNC(=NCc1ccccc1CO)N1CC(C)(C)C1(C)C.I. The van der Waals surface area contributed by atoms with E-state index >= 15 is 0 Å². The lowest BCUT2D eigenvalue weighted by Crippen LogP contribution is -2.72. The maximum Gasteiger partial charge on any atom is 0.194 e. The number of benzene rings is 1. The average molecular weight is 431 g/mol. The minimum absolute atomic E-state index is 0. The Bertz CT molecular complexity index is 555. The molecule has 1 saturated heterocycles. The number of nitrogens with one attached hydrogen (secondary N) is 1. The highest BCUT2D eigenvalue weighted by molar-refractivity contribution is 14.0. The Morgan fingerprint density at radius 3 is 2.30 bits per heavy atom. The fraction of sp³-hybridized carbons (Fsp3) is 0.611. The lowest BCUT2D eigenvalue weighted by atomic mass is 9.65. The Morgan fingerprint density at radius 2 is 1.83 bits per heavy atom. The van der Waals surface area contributed by atoms with E-state index in [2.05, 4.69) is 44.8 Å². The van der Waals surface area contributed by atoms with Crippen LogP contribution >= 0.6 is 24.0 Å². The van der Waals surface area contributed by atoms with Gasteiger partial charge in [0.15, 0.2) is 5.96 Å². The number of nitrogens with zero attached hydrogens (tertiary/aromatic N) is 2. The van der Waals surface area contributed by atoms with Gasteiger partial charge in [-0.05, 0) is 31.9 Å². The van der Waals surface area contributed by atoms with Crippen molar-refractivity contribution in [2.24, 2.45) is 10.4 Å². The van der Waals surface area contributed by atoms with Crippen molar-refractivity contribution in [2.75, 3.05) is 13.1 Å². The second-order valence-electron chi connectivity index (χ2n) is 7.13. The molecule has 4 nitrogen and oxygen atoms in total. The van der Waals surface area contributed by atoms with E-state index in [-0.39, 0.29) is 41.5 Å². The summed E-state index contributed by atoms with van der Waals surface area (Å²) < 4.78 is 0. The van der Waals surface area contributed by atoms with Gasteiger partial charge in [-0.25, -0.2) is 4.99 Å². The van der Waals surface area contributed by atoms with Crippen LogP contribution in [0.1, 0.15) is 45.7 Å². The fourth-order valence-electron chi connectivity index (χ4n) is 2.82. The monoisotopic (exact) mass is 431 g/mol. The third-order valence-electron chi connectivity index (χ3n) is 5.16. The second kappa shape index (κ2) is 7.83. The van der Waals surface area contributed by atoms with Gasteiger partial charge >= 0.3 is 0 Å². The van der Waals surface area contributed by atoms with E-state index in [0.717, 1.165) is 30.2 Å². The zero-order valence-electron chi connectivity index (χ0n) is 14.9. The van der Waals surface area contributed by atoms with E-state index in [1.54, 1.807) is 0 Å². The molecule has 0 bridgehead atoms. The molecule has 23 heavy (non-hydrogen) atoms. The van der Waals surface area contributed by atoms with Crippen LogP contribution in [0.2, 0.25) is 0 Å². The molecule has 1 heterocycles. The summed E-state index contributed by atoms with van der Waals surface area (Å²) in [5.74, 6) is 0.958. The maximum absolute atomic E-state index is 9.43. The largest absolute Gasteiger partial charge is 0.392 e. The van der Waals surface area contributed by atoms with E-state index in [1.807, 2.05) is 24.3 Å². The van der Waals surface area contributed by atoms with Gasteiger partial charge < -0.3 is 15.3 Å². The summed E-state index contributed by atoms with van der Waals surface area (Å²) in [6, 6.07) is 7.93.